The molecule has 2 unspecified atom stereocenters. The fourth-order valence-electron chi connectivity index (χ4n) is 2.69. The lowest BCUT2D eigenvalue weighted by molar-refractivity contribution is 0.388. The Bertz CT molecular complexity index is 319. The first-order valence-corrected chi connectivity index (χ1v) is 6.52. The zero-order chi connectivity index (χ0) is 11.4. The quantitative estimate of drug-likeness (QED) is 0.827. The highest BCUT2D eigenvalue weighted by Crippen LogP contribution is 2.30. The van der Waals surface area contributed by atoms with Crippen LogP contribution < -0.4 is 5.32 Å². The summed E-state index contributed by atoms with van der Waals surface area (Å²) in [4.78, 5) is 4.37. The Labute approximate surface area is 98.3 Å². The molecule has 1 saturated carbocycles. The molecule has 1 fully saturated rings. The van der Waals surface area contributed by atoms with Crippen LogP contribution in [0.15, 0.2) is 12.4 Å². The molecule has 0 bridgehead atoms. The Kier molecular flexibility index (Phi) is 3.99. The maximum atomic E-state index is 4.37. The van der Waals surface area contributed by atoms with Gasteiger partial charge < -0.3 is 9.88 Å². The van der Waals surface area contributed by atoms with Crippen LogP contribution in [0.5, 0.6) is 0 Å². The third-order valence-electron chi connectivity index (χ3n) is 3.87. The summed E-state index contributed by atoms with van der Waals surface area (Å²) in [6.07, 6.45) is 8.16. The highest BCUT2D eigenvalue weighted by atomic mass is 15.1. The first kappa shape index (κ1) is 11.6. The second kappa shape index (κ2) is 5.48. The molecule has 0 spiro atoms. The summed E-state index contributed by atoms with van der Waals surface area (Å²) >= 11 is 0. The lowest BCUT2D eigenvalue weighted by atomic mass is 9.98. The van der Waals surface area contributed by atoms with Gasteiger partial charge in [-0.3, -0.25) is 0 Å². The van der Waals surface area contributed by atoms with Crippen molar-refractivity contribution in [3.05, 3.63) is 18.2 Å². The van der Waals surface area contributed by atoms with Crippen molar-refractivity contribution in [3.63, 3.8) is 0 Å². The fourth-order valence-corrected chi connectivity index (χ4v) is 2.69. The van der Waals surface area contributed by atoms with Crippen molar-refractivity contribution in [1.29, 1.82) is 0 Å². The molecule has 2 rings (SSSR count). The molecular weight excluding hydrogens is 198 g/mol. The number of nitrogens with zero attached hydrogens (tertiary/aromatic N) is 2. The summed E-state index contributed by atoms with van der Waals surface area (Å²) in [7, 11) is 0. The summed E-state index contributed by atoms with van der Waals surface area (Å²) < 4.78 is 2.20. The SMILES string of the molecule is CCn1ccnc1CNCC1CCCC1C. The number of nitrogens with one attached hydrogen (secondary N) is 1. The first-order valence-electron chi connectivity index (χ1n) is 6.52. The molecule has 2 atom stereocenters. The van der Waals surface area contributed by atoms with Gasteiger partial charge >= 0.3 is 0 Å². The van der Waals surface area contributed by atoms with Gasteiger partial charge in [-0.25, -0.2) is 4.98 Å². The minimum Gasteiger partial charge on any atom is -0.334 e. The van der Waals surface area contributed by atoms with Crippen LogP contribution in [0, 0.1) is 11.8 Å². The van der Waals surface area contributed by atoms with Crippen molar-refractivity contribution in [1.82, 2.24) is 14.9 Å². The normalized spacial score (nSPS) is 25.1. The van der Waals surface area contributed by atoms with Crippen molar-refractivity contribution in [2.45, 2.75) is 46.2 Å². The number of rotatable bonds is 5. The predicted octanol–water partition coefficient (Wildman–Crippen LogP) is 2.43. The van der Waals surface area contributed by atoms with E-state index < -0.39 is 0 Å². The molecule has 3 heteroatoms. The maximum absolute atomic E-state index is 4.37. The Hall–Kier alpha value is -0.830. The fraction of sp³-hybridized carbons (Fsp3) is 0.769. The number of aryl methyl sites for hydroxylation is 1. The highest BCUT2D eigenvalue weighted by molar-refractivity contribution is 4.91. The molecule has 1 N–H and O–H groups in total. The van der Waals surface area contributed by atoms with Gasteiger partial charge in [-0.05, 0) is 31.7 Å². The molecule has 1 aliphatic rings. The average molecular weight is 221 g/mol. The molecule has 3 nitrogen and oxygen atoms in total. The van der Waals surface area contributed by atoms with Crippen LogP contribution >= 0.6 is 0 Å². The van der Waals surface area contributed by atoms with Crippen LogP contribution in [0.25, 0.3) is 0 Å². The molecule has 0 radical (unpaired) electrons. The summed E-state index contributed by atoms with van der Waals surface area (Å²) in [5.74, 6) is 2.94. The monoisotopic (exact) mass is 221 g/mol. The Morgan fingerprint density at radius 2 is 2.38 bits per heavy atom. The molecule has 1 aromatic heterocycles. The number of hydrogen-bond acceptors (Lipinski definition) is 2. The molecule has 1 aromatic rings. The van der Waals surface area contributed by atoms with E-state index >= 15 is 0 Å². The lowest BCUT2D eigenvalue weighted by Crippen LogP contribution is -2.25. The minimum atomic E-state index is 0.880. The smallest absolute Gasteiger partial charge is 0.122 e. The van der Waals surface area contributed by atoms with Gasteiger partial charge in [0.05, 0.1) is 6.54 Å². The summed E-state index contributed by atoms with van der Waals surface area (Å²) in [5.41, 5.74) is 0. The molecule has 0 amide bonds. The number of imidazole rings is 1. The molecule has 0 aromatic carbocycles. The Morgan fingerprint density at radius 1 is 1.50 bits per heavy atom. The van der Waals surface area contributed by atoms with E-state index in [1.165, 1.54) is 19.3 Å². The van der Waals surface area contributed by atoms with Crippen molar-refractivity contribution in [3.8, 4) is 0 Å². The second-order valence-electron chi connectivity index (χ2n) is 4.93. The van der Waals surface area contributed by atoms with Crippen LogP contribution in [-0.4, -0.2) is 16.1 Å². The van der Waals surface area contributed by atoms with Crippen LogP contribution in [0.2, 0.25) is 0 Å². The van der Waals surface area contributed by atoms with E-state index in [4.69, 9.17) is 0 Å². The van der Waals surface area contributed by atoms with E-state index in [-0.39, 0.29) is 0 Å². The van der Waals surface area contributed by atoms with Crippen molar-refractivity contribution in [2.24, 2.45) is 11.8 Å². The minimum absolute atomic E-state index is 0.880. The van der Waals surface area contributed by atoms with Gasteiger partial charge in [0.25, 0.3) is 0 Å². The molecular formula is C13H23N3. The van der Waals surface area contributed by atoms with Gasteiger partial charge in [0.2, 0.25) is 0 Å². The Balaban J connectivity index is 1.75. The predicted molar refractivity (Wildman–Crippen MR) is 66.1 cm³/mol. The second-order valence-corrected chi connectivity index (χ2v) is 4.93. The van der Waals surface area contributed by atoms with Gasteiger partial charge in [-0.2, -0.15) is 0 Å². The lowest BCUT2D eigenvalue weighted by Gasteiger charge is -2.15. The van der Waals surface area contributed by atoms with Gasteiger partial charge in [-0.15, -0.1) is 0 Å². The first-order chi connectivity index (χ1) is 7.81. The summed E-state index contributed by atoms with van der Waals surface area (Å²) in [5, 5.41) is 3.55. The third-order valence-corrected chi connectivity index (χ3v) is 3.87. The van der Waals surface area contributed by atoms with Gasteiger partial charge in [0, 0.05) is 18.9 Å². The highest BCUT2D eigenvalue weighted by Gasteiger charge is 2.22. The zero-order valence-electron chi connectivity index (χ0n) is 10.4. The van der Waals surface area contributed by atoms with Crippen LogP contribution in [0.4, 0.5) is 0 Å². The van der Waals surface area contributed by atoms with Gasteiger partial charge in [0.1, 0.15) is 5.82 Å². The van der Waals surface area contributed by atoms with E-state index in [1.54, 1.807) is 0 Å². The molecule has 90 valence electrons. The molecule has 16 heavy (non-hydrogen) atoms. The van der Waals surface area contributed by atoms with Gasteiger partial charge in [0.15, 0.2) is 0 Å². The molecule has 1 aliphatic carbocycles. The van der Waals surface area contributed by atoms with E-state index in [1.807, 2.05) is 6.20 Å². The largest absolute Gasteiger partial charge is 0.334 e. The maximum Gasteiger partial charge on any atom is 0.122 e. The van der Waals surface area contributed by atoms with Gasteiger partial charge in [-0.1, -0.05) is 19.8 Å². The van der Waals surface area contributed by atoms with E-state index in [0.717, 1.165) is 37.3 Å². The van der Waals surface area contributed by atoms with Crippen molar-refractivity contribution in [2.75, 3.05) is 6.54 Å². The average Bonchev–Trinajstić information content (AvgIpc) is 2.88. The third kappa shape index (κ3) is 2.64. The zero-order valence-corrected chi connectivity index (χ0v) is 10.4. The van der Waals surface area contributed by atoms with Crippen molar-refractivity contribution < 1.29 is 0 Å². The molecule has 1 heterocycles. The van der Waals surface area contributed by atoms with E-state index in [9.17, 15) is 0 Å². The summed E-state index contributed by atoms with van der Waals surface area (Å²) in [6, 6.07) is 0. The standard InChI is InChI=1S/C13H23N3/c1-3-16-8-7-15-13(16)10-14-9-12-6-4-5-11(12)2/h7-8,11-12,14H,3-6,9-10H2,1-2H3. The van der Waals surface area contributed by atoms with E-state index in [2.05, 4.69) is 34.9 Å². The topological polar surface area (TPSA) is 29.9 Å². The van der Waals surface area contributed by atoms with Crippen molar-refractivity contribution >= 4 is 0 Å². The molecule has 0 aliphatic heterocycles. The Morgan fingerprint density at radius 3 is 3.06 bits per heavy atom. The van der Waals surface area contributed by atoms with E-state index in [0.29, 0.717) is 0 Å². The van der Waals surface area contributed by atoms with Crippen LogP contribution in [0.3, 0.4) is 0 Å². The summed E-state index contributed by atoms with van der Waals surface area (Å²) in [6.45, 7) is 7.61. The van der Waals surface area contributed by atoms with Crippen LogP contribution in [-0.2, 0) is 13.1 Å². The number of hydrogen-bond donors (Lipinski definition) is 1. The number of aromatic nitrogens is 2. The molecule has 0 saturated heterocycles. The van der Waals surface area contributed by atoms with Crippen LogP contribution in [0.1, 0.15) is 38.9 Å².